The van der Waals surface area contributed by atoms with Gasteiger partial charge in [0.25, 0.3) is 0 Å². The SMILES string of the molecule is CCCCCCCCC(CCCCCCC)O/N=C\CCCN(C)C. The van der Waals surface area contributed by atoms with Crippen molar-refractivity contribution in [1.29, 1.82) is 0 Å². The van der Waals surface area contributed by atoms with E-state index < -0.39 is 0 Å². The maximum absolute atomic E-state index is 5.84. The number of hydrogen-bond acceptors (Lipinski definition) is 3. The van der Waals surface area contributed by atoms with E-state index in [1.165, 1.54) is 83.5 Å². The molecule has 0 bridgehead atoms. The lowest BCUT2D eigenvalue weighted by Crippen LogP contribution is -2.13. The predicted octanol–water partition coefficient (Wildman–Crippen LogP) is 6.81. The van der Waals surface area contributed by atoms with Crippen LogP contribution in [-0.2, 0) is 4.84 Å². The minimum Gasteiger partial charge on any atom is -0.393 e. The normalized spacial score (nSPS) is 13.0. The summed E-state index contributed by atoms with van der Waals surface area (Å²) >= 11 is 0. The zero-order chi connectivity index (χ0) is 18.6. The fourth-order valence-electron chi connectivity index (χ4n) is 3.06. The third-order valence-corrected chi connectivity index (χ3v) is 4.73. The van der Waals surface area contributed by atoms with Crippen molar-refractivity contribution >= 4 is 6.21 Å². The molecule has 0 N–H and O–H groups in total. The van der Waals surface area contributed by atoms with Crippen LogP contribution in [0.3, 0.4) is 0 Å². The molecule has 0 saturated carbocycles. The molecule has 0 amide bonds. The van der Waals surface area contributed by atoms with Crippen LogP contribution in [0, 0.1) is 0 Å². The Bertz CT molecular complexity index is 279. The van der Waals surface area contributed by atoms with Crippen LogP contribution in [0.4, 0.5) is 0 Å². The van der Waals surface area contributed by atoms with Gasteiger partial charge in [0.15, 0.2) is 0 Å². The molecule has 0 radical (unpaired) electrons. The van der Waals surface area contributed by atoms with Crippen LogP contribution < -0.4 is 0 Å². The summed E-state index contributed by atoms with van der Waals surface area (Å²) in [5.41, 5.74) is 0. The fraction of sp³-hybridized carbons (Fsp3) is 0.955. The largest absolute Gasteiger partial charge is 0.393 e. The van der Waals surface area contributed by atoms with E-state index in [2.05, 4.69) is 38.0 Å². The second kappa shape index (κ2) is 19.8. The quantitative estimate of drug-likeness (QED) is 0.145. The summed E-state index contributed by atoms with van der Waals surface area (Å²) in [5, 5.41) is 4.27. The third kappa shape index (κ3) is 19.6. The molecule has 0 aliphatic heterocycles. The highest BCUT2D eigenvalue weighted by atomic mass is 16.6. The molecule has 25 heavy (non-hydrogen) atoms. The van der Waals surface area contributed by atoms with Gasteiger partial charge in [0.2, 0.25) is 0 Å². The first-order valence-corrected chi connectivity index (χ1v) is 11.0. The van der Waals surface area contributed by atoms with E-state index >= 15 is 0 Å². The Morgan fingerprint density at radius 1 is 0.760 bits per heavy atom. The van der Waals surface area contributed by atoms with Gasteiger partial charge >= 0.3 is 0 Å². The molecular weight excluding hydrogens is 308 g/mol. The molecule has 0 aromatic carbocycles. The molecule has 3 heteroatoms. The molecule has 0 rings (SSSR count). The summed E-state index contributed by atoms with van der Waals surface area (Å²) in [4.78, 5) is 8.05. The number of rotatable bonds is 19. The Balaban J connectivity index is 3.91. The van der Waals surface area contributed by atoms with Crippen molar-refractivity contribution in [3.8, 4) is 0 Å². The Labute approximate surface area is 158 Å². The van der Waals surface area contributed by atoms with E-state index in [0.717, 1.165) is 19.4 Å². The molecule has 3 nitrogen and oxygen atoms in total. The van der Waals surface area contributed by atoms with E-state index in [0.29, 0.717) is 6.10 Å². The number of unbranched alkanes of at least 4 members (excludes halogenated alkanes) is 10. The lowest BCUT2D eigenvalue weighted by molar-refractivity contribution is 0.0437. The smallest absolute Gasteiger partial charge is 0.127 e. The lowest BCUT2D eigenvalue weighted by atomic mass is 10.0. The van der Waals surface area contributed by atoms with Gasteiger partial charge < -0.3 is 9.74 Å². The summed E-state index contributed by atoms with van der Waals surface area (Å²) in [5.74, 6) is 0. The van der Waals surface area contributed by atoms with Crippen molar-refractivity contribution in [2.24, 2.45) is 5.16 Å². The van der Waals surface area contributed by atoms with Gasteiger partial charge in [-0.1, -0.05) is 76.8 Å². The van der Waals surface area contributed by atoms with Gasteiger partial charge in [-0.05, 0) is 59.2 Å². The van der Waals surface area contributed by atoms with E-state index in [4.69, 9.17) is 4.84 Å². The third-order valence-electron chi connectivity index (χ3n) is 4.73. The van der Waals surface area contributed by atoms with Gasteiger partial charge in [-0.25, -0.2) is 0 Å². The summed E-state index contributed by atoms with van der Waals surface area (Å²) in [6, 6.07) is 0. The van der Waals surface area contributed by atoms with Gasteiger partial charge in [-0.2, -0.15) is 0 Å². The number of oxime groups is 1. The van der Waals surface area contributed by atoms with Crippen molar-refractivity contribution in [3.63, 3.8) is 0 Å². The molecule has 0 heterocycles. The Kier molecular flexibility index (Phi) is 19.3. The Hall–Kier alpha value is -0.570. The van der Waals surface area contributed by atoms with Crippen LogP contribution in [0.25, 0.3) is 0 Å². The highest BCUT2D eigenvalue weighted by molar-refractivity contribution is 5.56. The first kappa shape index (κ1) is 24.4. The number of nitrogens with zero attached hydrogens (tertiary/aromatic N) is 2. The summed E-state index contributed by atoms with van der Waals surface area (Å²) < 4.78 is 0. The lowest BCUT2D eigenvalue weighted by Gasteiger charge is -2.15. The second-order valence-electron chi connectivity index (χ2n) is 7.72. The van der Waals surface area contributed by atoms with Crippen molar-refractivity contribution in [3.05, 3.63) is 0 Å². The molecule has 0 saturated heterocycles. The monoisotopic (exact) mass is 354 g/mol. The van der Waals surface area contributed by atoms with E-state index in [1.54, 1.807) is 0 Å². The van der Waals surface area contributed by atoms with Crippen LogP contribution >= 0.6 is 0 Å². The minimum atomic E-state index is 0.331. The average molecular weight is 355 g/mol. The van der Waals surface area contributed by atoms with E-state index in [-0.39, 0.29) is 0 Å². The zero-order valence-corrected chi connectivity index (χ0v) is 17.8. The molecule has 0 spiro atoms. The summed E-state index contributed by atoms with van der Waals surface area (Å²) in [6.07, 6.45) is 21.6. The summed E-state index contributed by atoms with van der Waals surface area (Å²) in [6.45, 7) is 5.67. The Morgan fingerprint density at radius 3 is 1.80 bits per heavy atom. The van der Waals surface area contributed by atoms with Crippen LogP contribution in [0.15, 0.2) is 5.16 Å². The second-order valence-corrected chi connectivity index (χ2v) is 7.72. The maximum Gasteiger partial charge on any atom is 0.127 e. The molecule has 1 unspecified atom stereocenters. The van der Waals surface area contributed by atoms with Crippen LogP contribution in [0.1, 0.15) is 110 Å². The van der Waals surface area contributed by atoms with Crippen molar-refractivity contribution in [2.75, 3.05) is 20.6 Å². The molecular formula is C22H46N2O. The highest BCUT2D eigenvalue weighted by Gasteiger charge is 2.09. The van der Waals surface area contributed by atoms with Crippen molar-refractivity contribution < 1.29 is 4.84 Å². The predicted molar refractivity (Wildman–Crippen MR) is 113 cm³/mol. The molecule has 1 atom stereocenters. The van der Waals surface area contributed by atoms with Gasteiger partial charge in [0, 0.05) is 6.21 Å². The van der Waals surface area contributed by atoms with Crippen LogP contribution in [0.5, 0.6) is 0 Å². The topological polar surface area (TPSA) is 24.8 Å². The Morgan fingerprint density at radius 2 is 1.28 bits per heavy atom. The maximum atomic E-state index is 5.84. The first-order chi connectivity index (χ1) is 12.2. The molecule has 0 aromatic rings. The van der Waals surface area contributed by atoms with E-state index in [1.807, 2.05) is 6.21 Å². The fourth-order valence-corrected chi connectivity index (χ4v) is 3.06. The van der Waals surface area contributed by atoms with Crippen molar-refractivity contribution in [2.45, 2.75) is 116 Å². The standard InChI is InChI=1S/C22H46N2O/c1-5-7-9-11-13-15-19-22(18-14-12-10-8-6-2)25-23-20-16-17-21-24(3)4/h20,22H,5-19,21H2,1-4H3/b23-20-. The van der Waals surface area contributed by atoms with Gasteiger partial charge in [-0.15, -0.1) is 0 Å². The zero-order valence-electron chi connectivity index (χ0n) is 17.8. The van der Waals surface area contributed by atoms with Crippen LogP contribution in [-0.4, -0.2) is 37.9 Å². The molecule has 0 aliphatic rings. The highest BCUT2D eigenvalue weighted by Crippen LogP contribution is 2.16. The first-order valence-electron chi connectivity index (χ1n) is 11.0. The number of hydrogen-bond donors (Lipinski definition) is 0. The average Bonchev–Trinajstić information content (AvgIpc) is 2.59. The molecule has 0 aliphatic carbocycles. The molecule has 150 valence electrons. The van der Waals surface area contributed by atoms with Gasteiger partial charge in [-0.3, -0.25) is 0 Å². The van der Waals surface area contributed by atoms with Crippen molar-refractivity contribution in [1.82, 2.24) is 4.90 Å². The molecule has 0 fully saturated rings. The minimum absolute atomic E-state index is 0.331. The van der Waals surface area contributed by atoms with Gasteiger partial charge in [0.05, 0.1) is 0 Å². The summed E-state index contributed by atoms with van der Waals surface area (Å²) in [7, 11) is 4.23. The molecule has 0 aromatic heterocycles. The van der Waals surface area contributed by atoms with Gasteiger partial charge in [0.1, 0.15) is 6.10 Å². The van der Waals surface area contributed by atoms with Crippen LogP contribution in [0.2, 0.25) is 0 Å². The van der Waals surface area contributed by atoms with E-state index in [9.17, 15) is 0 Å².